The smallest absolute Gasteiger partial charge is 0.317 e. The Morgan fingerprint density at radius 1 is 1.21 bits per heavy atom. The van der Waals surface area contributed by atoms with Gasteiger partial charge < -0.3 is 20.3 Å². The normalized spacial score (nSPS) is 16.2. The molecule has 0 saturated carbocycles. The summed E-state index contributed by atoms with van der Waals surface area (Å²) in [5, 5.41) is 14.8. The molecule has 28 heavy (non-hydrogen) atoms. The average Bonchev–Trinajstić information content (AvgIpc) is 3.17. The Balaban J connectivity index is 1.24. The van der Waals surface area contributed by atoms with Gasteiger partial charge in [0.05, 0.1) is 11.8 Å². The Hall–Kier alpha value is -2.86. The van der Waals surface area contributed by atoms with Crippen LogP contribution in [-0.4, -0.2) is 45.6 Å². The molecule has 2 aromatic heterocycles. The van der Waals surface area contributed by atoms with E-state index in [0.29, 0.717) is 25.3 Å². The number of fused-ring (bicyclic) bond motifs is 1. The van der Waals surface area contributed by atoms with Gasteiger partial charge in [0.25, 0.3) is 0 Å². The van der Waals surface area contributed by atoms with Crippen molar-refractivity contribution in [2.75, 3.05) is 19.6 Å². The van der Waals surface area contributed by atoms with Crippen molar-refractivity contribution in [3.8, 4) is 0 Å². The van der Waals surface area contributed by atoms with Crippen molar-refractivity contribution in [2.45, 2.75) is 25.4 Å². The SMILES string of the molecule is O=C(NCCc1c[nH]c2ccccc12)N1CCC(C(O)c2ccccn2)CC1. The molecule has 1 unspecified atom stereocenters. The third-order valence-corrected chi connectivity index (χ3v) is 5.61. The van der Waals surface area contributed by atoms with Gasteiger partial charge in [0.15, 0.2) is 0 Å². The minimum absolute atomic E-state index is 0.0226. The summed E-state index contributed by atoms with van der Waals surface area (Å²) in [6, 6.07) is 13.8. The number of carbonyl (C=O) groups is 1. The van der Waals surface area contributed by atoms with Gasteiger partial charge >= 0.3 is 6.03 Å². The number of piperidine rings is 1. The molecule has 1 saturated heterocycles. The van der Waals surface area contributed by atoms with Crippen LogP contribution in [0.1, 0.15) is 30.2 Å². The summed E-state index contributed by atoms with van der Waals surface area (Å²) < 4.78 is 0. The van der Waals surface area contributed by atoms with Crippen molar-refractivity contribution in [1.82, 2.24) is 20.2 Å². The van der Waals surface area contributed by atoms with Crippen molar-refractivity contribution in [3.63, 3.8) is 0 Å². The van der Waals surface area contributed by atoms with Crippen LogP contribution in [0.15, 0.2) is 54.9 Å². The summed E-state index contributed by atoms with van der Waals surface area (Å²) in [7, 11) is 0. The number of rotatable bonds is 5. The standard InChI is InChI=1S/C22H26N4O2/c27-21(20-7-3-4-11-23-20)16-9-13-26(14-10-16)22(28)24-12-8-17-15-25-19-6-2-1-5-18(17)19/h1-7,11,15-16,21,25,27H,8-10,12-14H2,(H,24,28). The number of likely N-dealkylation sites (tertiary alicyclic amines) is 1. The Morgan fingerprint density at radius 2 is 2.00 bits per heavy atom. The average molecular weight is 378 g/mol. The van der Waals surface area contributed by atoms with Gasteiger partial charge in [-0.2, -0.15) is 0 Å². The molecular formula is C22H26N4O2. The highest BCUT2D eigenvalue weighted by molar-refractivity contribution is 5.83. The first kappa shape index (κ1) is 18.5. The molecule has 0 aliphatic carbocycles. The van der Waals surface area contributed by atoms with Crippen LogP contribution < -0.4 is 5.32 Å². The summed E-state index contributed by atoms with van der Waals surface area (Å²) in [5.74, 6) is 0.144. The number of nitrogens with zero attached hydrogens (tertiary/aromatic N) is 2. The molecule has 146 valence electrons. The molecule has 1 aliphatic heterocycles. The lowest BCUT2D eigenvalue weighted by atomic mass is 9.89. The molecule has 4 rings (SSSR count). The zero-order valence-corrected chi connectivity index (χ0v) is 15.8. The summed E-state index contributed by atoms with van der Waals surface area (Å²) in [4.78, 5) is 21.8. The first-order chi connectivity index (χ1) is 13.7. The number of carbonyl (C=O) groups excluding carboxylic acids is 1. The van der Waals surface area contributed by atoms with Gasteiger partial charge in [-0.3, -0.25) is 4.98 Å². The van der Waals surface area contributed by atoms with Crippen molar-refractivity contribution < 1.29 is 9.90 Å². The maximum absolute atomic E-state index is 12.5. The van der Waals surface area contributed by atoms with E-state index in [-0.39, 0.29) is 11.9 Å². The number of pyridine rings is 1. The molecule has 0 radical (unpaired) electrons. The van der Waals surface area contributed by atoms with Gasteiger partial charge in [-0.1, -0.05) is 24.3 Å². The predicted molar refractivity (Wildman–Crippen MR) is 109 cm³/mol. The van der Waals surface area contributed by atoms with Crippen molar-refractivity contribution in [2.24, 2.45) is 5.92 Å². The topological polar surface area (TPSA) is 81.2 Å². The maximum atomic E-state index is 12.5. The van der Waals surface area contributed by atoms with E-state index in [1.807, 2.05) is 41.4 Å². The molecule has 6 nitrogen and oxygen atoms in total. The molecule has 6 heteroatoms. The van der Waals surface area contributed by atoms with E-state index in [0.717, 1.165) is 24.8 Å². The monoisotopic (exact) mass is 378 g/mol. The van der Waals surface area contributed by atoms with Crippen LogP contribution in [-0.2, 0) is 6.42 Å². The van der Waals surface area contributed by atoms with Crippen LogP contribution in [0.4, 0.5) is 4.79 Å². The second-order valence-corrected chi connectivity index (χ2v) is 7.37. The Labute approximate surface area is 164 Å². The number of benzene rings is 1. The Morgan fingerprint density at radius 3 is 2.79 bits per heavy atom. The second kappa shape index (κ2) is 8.44. The van der Waals surface area contributed by atoms with Crippen molar-refractivity contribution in [1.29, 1.82) is 0 Å². The molecule has 1 atom stereocenters. The number of aromatic amines is 1. The molecule has 0 spiro atoms. The van der Waals surface area contributed by atoms with E-state index >= 15 is 0 Å². The number of aliphatic hydroxyl groups is 1. The third-order valence-electron chi connectivity index (χ3n) is 5.61. The summed E-state index contributed by atoms with van der Waals surface area (Å²) >= 11 is 0. The van der Waals surface area contributed by atoms with Gasteiger partial charge in [-0.15, -0.1) is 0 Å². The second-order valence-electron chi connectivity index (χ2n) is 7.37. The molecule has 0 bridgehead atoms. The number of urea groups is 1. The van der Waals surface area contributed by atoms with Gasteiger partial charge in [0.1, 0.15) is 0 Å². The Bertz CT molecular complexity index is 916. The highest BCUT2D eigenvalue weighted by Gasteiger charge is 2.28. The minimum atomic E-state index is -0.562. The summed E-state index contributed by atoms with van der Waals surface area (Å²) in [5.41, 5.74) is 3.05. The third kappa shape index (κ3) is 4.02. The van der Waals surface area contributed by atoms with Gasteiger partial charge in [-0.25, -0.2) is 4.79 Å². The highest BCUT2D eigenvalue weighted by atomic mass is 16.3. The lowest BCUT2D eigenvalue weighted by Crippen LogP contribution is -2.45. The van der Waals surface area contributed by atoms with E-state index in [9.17, 15) is 9.90 Å². The molecule has 3 aromatic rings. The van der Waals surface area contributed by atoms with E-state index in [4.69, 9.17) is 0 Å². The quantitative estimate of drug-likeness (QED) is 0.637. The first-order valence-corrected chi connectivity index (χ1v) is 9.89. The van der Waals surface area contributed by atoms with Gasteiger partial charge in [-0.05, 0) is 48.9 Å². The highest BCUT2D eigenvalue weighted by Crippen LogP contribution is 2.29. The zero-order chi connectivity index (χ0) is 19.3. The van der Waals surface area contributed by atoms with E-state index in [2.05, 4.69) is 27.4 Å². The van der Waals surface area contributed by atoms with E-state index in [1.165, 1.54) is 10.9 Å². The lowest BCUT2D eigenvalue weighted by Gasteiger charge is -2.34. The molecule has 3 N–H and O–H groups in total. The zero-order valence-electron chi connectivity index (χ0n) is 15.8. The molecule has 1 fully saturated rings. The van der Waals surface area contributed by atoms with E-state index in [1.54, 1.807) is 6.20 Å². The molecule has 2 amide bonds. The molecule has 1 aromatic carbocycles. The van der Waals surface area contributed by atoms with Crippen LogP contribution in [0, 0.1) is 5.92 Å². The summed E-state index contributed by atoms with van der Waals surface area (Å²) in [6.07, 6.45) is 5.52. The van der Waals surface area contributed by atoms with Gasteiger partial charge in [0, 0.05) is 42.9 Å². The first-order valence-electron chi connectivity index (χ1n) is 9.89. The fourth-order valence-electron chi connectivity index (χ4n) is 3.97. The number of hydrogen-bond acceptors (Lipinski definition) is 3. The van der Waals surface area contributed by atoms with Crippen LogP contribution in [0.25, 0.3) is 10.9 Å². The molecule has 3 heterocycles. The number of hydrogen-bond donors (Lipinski definition) is 3. The number of aliphatic hydroxyl groups excluding tert-OH is 1. The minimum Gasteiger partial charge on any atom is -0.387 e. The number of para-hydroxylation sites is 1. The van der Waals surface area contributed by atoms with Crippen LogP contribution in [0.5, 0.6) is 0 Å². The molecule has 1 aliphatic rings. The predicted octanol–water partition coefficient (Wildman–Crippen LogP) is 3.26. The van der Waals surface area contributed by atoms with Crippen molar-refractivity contribution >= 4 is 16.9 Å². The largest absolute Gasteiger partial charge is 0.387 e. The maximum Gasteiger partial charge on any atom is 0.317 e. The van der Waals surface area contributed by atoms with E-state index < -0.39 is 6.10 Å². The van der Waals surface area contributed by atoms with Crippen LogP contribution >= 0.6 is 0 Å². The summed E-state index contributed by atoms with van der Waals surface area (Å²) in [6.45, 7) is 1.93. The fraction of sp³-hybridized carbons (Fsp3) is 0.364. The number of aromatic nitrogens is 2. The van der Waals surface area contributed by atoms with Crippen LogP contribution in [0.2, 0.25) is 0 Å². The van der Waals surface area contributed by atoms with Crippen LogP contribution in [0.3, 0.4) is 0 Å². The molecular weight excluding hydrogens is 352 g/mol. The number of amides is 2. The number of H-pyrrole nitrogens is 1. The lowest BCUT2D eigenvalue weighted by molar-refractivity contribution is 0.0636. The Kier molecular flexibility index (Phi) is 5.58. The fourth-order valence-corrected chi connectivity index (χ4v) is 3.97. The number of nitrogens with one attached hydrogen (secondary N) is 2. The van der Waals surface area contributed by atoms with Crippen molar-refractivity contribution in [3.05, 3.63) is 66.1 Å². The van der Waals surface area contributed by atoms with Gasteiger partial charge in [0.2, 0.25) is 0 Å².